The number of carboxylic acids is 1. The van der Waals surface area contributed by atoms with Gasteiger partial charge < -0.3 is 10.4 Å². The van der Waals surface area contributed by atoms with E-state index in [0.29, 0.717) is 5.69 Å². The molecule has 0 fully saturated rings. The lowest BCUT2D eigenvalue weighted by Gasteiger charge is -2.12. The Labute approximate surface area is 128 Å². The number of aromatic carboxylic acids is 1. The second-order valence-electron chi connectivity index (χ2n) is 4.35. The maximum absolute atomic E-state index is 11.3. The summed E-state index contributed by atoms with van der Waals surface area (Å²) in [5, 5.41) is 23.2. The van der Waals surface area contributed by atoms with Crippen LogP contribution in [-0.4, -0.2) is 16.0 Å². The van der Waals surface area contributed by atoms with Gasteiger partial charge in [-0.3, -0.25) is 10.1 Å². The summed E-state index contributed by atoms with van der Waals surface area (Å²) in [6.45, 7) is 1.82. The van der Waals surface area contributed by atoms with Crippen molar-refractivity contribution in [2.75, 3.05) is 5.32 Å². The number of aryl methyl sites for hydroxylation is 1. The van der Waals surface area contributed by atoms with E-state index in [-0.39, 0.29) is 16.9 Å². The van der Waals surface area contributed by atoms with Gasteiger partial charge in [0.15, 0.2) is 0 Å². The molecule has 0 spiro atoms. The van der Waals surface area contributed by atoms with E-state index in [1.54, 1.807) is 6.07 Å². The number of para-hydroxylation sites is 1. The highest BCUT2D eigenvalue weighted by atomic mass is 79.9. The molecular weight excluding hydrogens is 340 g/mol. The van der Waals surface area contributed by atoms with Crippen LogP contribution in [0.1, 0.15) is 15.9 Å². The maximum atomic E-state index is 11.3. The van der Waals surface area contributed by atoms with Gasteiger partial charge in [-0.1, -0.05) is 28.1 Å². The van der Waals surface area contributed by atoms with Gasteiger partial charge >= 0.3 is 5.97 Å². The Morgan fingerprint density at radius 1 is 1.33 bits per heavy atom. The number of anilines is 2. The fourth-order valence-electron chi connectivity index (χ4n) is 1.87. The zero-order valence-corrected chi connectivity index (χ0v) is 12.5. The average Bonchev–Trinajstić information content (AvgIpc) is 2.42. The number of carbonyl (C=O) groups is 1. The van der Waals surface area contributed by atoms with Gasteiger partial charge in [0.25, 0.3) is 5.69 Å². The molecule has 0 amide bonds. The fraction of sp³-hybridized carbons (Fsp3) is 0.0714. The molecule has 2 aromatic carbocycles. The molecule has 0 aliphatic heterocycles. The van der Waals surface area contributed by atoms with Crippen LogP contribution in [0.5, 0.6) is 0 Å². The molecule has 0 bridgehead atoms. The number of halogens is 1. The predicted molar refractivity (Wildman–Crippen MR) is 82.2 cm³/mol. The summed E-state index contributed by atoms with van der Waals surface area (Å²) < 4.78 is 0.783. The van der Waals surface area contributed by atoms with Gasteiger partial charge in [0.05, 0.1) is 10.5 Å². The van der Waals surface area contributed by atoms with Crippen LogP contribution in [0.4, 0.5) is 17.1 Å². The summed E-state index contributed by atoms with van der Waals surface area (Å²) in [6, 6.07) is 9.32. The summed E-state index contributed by atoms with van der Waals surface area (Å²) in [5.41, 5.74) is 0.975. The lowest BCUT2D eigenvalue weighted by Crippen LogP contribution is -2.06. The van der Waals surface area contributed by atoms with Gasteiger partial charge in [0.1, 0.15) is 5.69 Å². The van der Waals surface area contributed by atoms with Crippen LogP contribution in [0, 0.1) is 17.0 Å². The third-order valence-electron chi connectivity index (χ3n) is 2.93. The zero-order chi connectivity index (χ0) is 15.6. The average molecular weight is 351 g/mol. The van der Waals surface area contributed by atoms with Crippen LogP contribution >= 0.6 is 15.9 Å². The second kappa shape index (κ2) is 5.92. The Balaban J connectivity index is 2.59. The molecule has 108 valence electrons. The van der Waals surface area contributed by atoms with E-state index in [2.05, 4.69) is 21.2 Å². The van der Waals surface area contributed by atoms with Crippen molar-refractivity contribution in [1.82, 2.24) is 0 Å². The van der Waals surface area contributed by atoms with E-state index in [1.807, 2.05) is 19.1 Å². The Bertz CT molecular complexity index is 699. The molecule has 6 nitrogen and oxygen atoms in total. The fourth-order valence-corrected chi connectivity index (χ4v) is 2.23. The standard InChI is InChI=1S/C14H11BrN2O4/c1-8-5-6-9(15)7-11(8)16-13-10(14(18)19)3-2-4-12(13)17(20)21/h2-7,16H,1H3,(H,18,19). The topological polar surface area (TPSA) is 92.5 Å². The van der Waals surface area contributed by atoms with Crippen molar-refractivity contribution in [3.8, 4) is 0 Å². The smallest absolute Gasteiger partial charge is 0.338 e. The van der Waals surface area contributed by atoms with Crippen LogP contribution in [-0.2, 0) is 0 Å². The lowest BCUT2D eigenvalue weighted by atomic mass is 10.1. The largest absolute Gasteiger partial charge is 0.478 e. The van der Waals surface area contributed by atoms with Gasteiger partial charge in [0.2, 0.25) is 0 Å². The molecule has 2 N–H and O–H groups in total. The van der Waals surface area contributed by atoms with E-state index in [1.165, 1.54) is 18.2 Å². The quantitative estimate of drug-likeness (QED) is 0.639. The van der Waals surface area contributed by atoms with E-state index < -0.39 is 10.9 Å². The van der Waals surface area contributed by atoms with Crippen LogP contribution in [0.15, 0.2) is 40.9 Å². The minimum atomic E-state index is -1.23. The second-order valence-corrected chi connectivity index (χ2v) is 5.26. The van der Waals surface area contributed by atoms with E-state index in [0.717, 1.165) is 10.0 Å². The highest BCUT2D eigenvalue weighted by molar-refractivity contribution is 9.10. The number of carboxylic acid groups (broad SMARTS) is 1. The molecule has 0 radical (unpaired) electrons. The van der Waals surface area contributed by atoms with Gasteiger partial charge in [0, 0.05) is 16.2 Å². The molecule has 0 saturated heterocycles. The Hall–Kier alpha value is -2.41. The number of nitrogens with one attached hydrogen (secondary N) is 1. The summed E-state index contributed by atoms with van der Waals surface area (Å²) in [4.78, 5) is 21.8. The third kappa shape index (κ3) is 3.19. The highest BCUT2D eigenvalue weighted by Gasteiger charge is 2.21. The van der Waals surface area contributed by atoms with Gasteiger partial charge in [-0.25, -0.2) is 4.79 Å². The van der Waals surface area contributed by atoms with Crippen molar-refractivity contribution in [1.29, 1.82) is 0 Å². The third-order valence-corrected chi connectivity index (χ3v) is 3.42. The van der Waals surface area contributed by atoms with Crippen LogP contribution in [0.3, 0.4) is 0 Å². The van der Waals surface area contributed by atoms with Crippen molar-refractivity contribution < 1.29 is 14.8 Å². The number of nitrogens with zero attached hydrogens (tertiary/aromatic N) is 1. The molecule has 0 aliphatic rings. The summed E-state index contributed by atoms with van der Waals surface area (Å²) >= 11 is 3.31. The van der Waals surface area contributed by atoms with Crippen LogP contribution in [0.25, 0.3) is 0 Å². The maximum Gasteiger partial charge on any atom is 0.338 e. The first kappa shape index (κ1) is 15.0. The van der Waals surface area contributed by atoms with Crippen LogP contribution < -0.4 is 5.32 Å². The molecular formula is C14H11BrN2O4. The number of rotatable bonds is 4. The van der Waals surface area contributed by atoms with Crippen molar-refractivity contribution in [2.24, 2.45) is 0 Å². The molecule has 0 aromatic heterocycles. The van der Waals surface area contributed by atoms with Gasteiger partial charge in [-0.2, -0.15) is 0 Å². The first-order chi connectivity index (χ1) is 9.90. The van der Waals surface area contributed by atoms with Gasteiger partial charge in [-0.05, 0) is 30.7 Å². The Kier molecular flexibility index (Phi) is 4.23. The SMILES string of the molecule is Cc1ccc(Br)cc1Nc1c(C(=O)O)cccc1[N+](=O)[O-]. The monoisotopic (exact) mass is 350 g/mol. The Morgan fingerprint density at radius 2 is 2.05 bits per heavy atom. The highest BCUT2D eigenvalue weighted by Crippen LogP contribution is 2.33. The molecule has 2 aromatic rings. The number of benzene rings is 2. The number of hydrogen-bond donors (Lipinski definition) is 2. The number of hydrogen-bond acceptors (Lipinski definition) is 4. The summed E-state index contributed by atoms with van der Waals surface area (Å²) in [5.74, 6) is -1.23. The van der Waals surface area contributed by atoms with E-state index in [9.17, 15) is 20.0 Å². The van der Waals surface area contributed by atoms with Crippen molar-refractivity contribution >= 4 is 39.0 Å². The Morgan fingerprint density at radius 3 is 2.67 bits per heavy atom. The van der Waals surface area contributed by atoms with Crippen LogP contribution in [0.2, 0.25) is 0 Å². The summed E-state index contributed by atoms with van der Waals surface area (Å²) in [7, 11) is 0. The zero-order valence-electron chi connectivity index (χ0n) is 11.0. The normalized spacial score (nSPS) is 10.2. The van der Waals surface area contributed by atoms with Crippen molar-refractivity contribution in [3.05, 3.63) is 62.1 Å². The predicted octanol–water partition coefficient (Wildman–Crippen LogP) is 4.11. The molecule has 0 atom stereocenters. The summed E-state index contributed by atoms with van der Waals surface area (Å²) in [6.07, 6.45) is 0. The molecule has 0 saturated carbocycles. The van der Waals surface area contributed by atoms with Gasteiger partial charge in [-0.15, -0.1) is 0 Å². The first-order valence-electron chi connectivity index (χ1n) is 5.94. The first-order valence-corrected chi connectivity index (χ1v) is 6.73. The van der Waals surface area contributed by atoms with E-state index in [4.69, 9.17) is 0 Å². The molecule has 21 heavy (non-hydrogen) atoms. The number of nitro groups is 1. The molecule has 0 unspecified atom stereocenters. The molecule has 7 heteroatoms. The molecule has 0 heterocycles. The van der Waals surface area contributed by atoms with Crippen molar-refractivity contribution in [2.45, 2.75) is 6.92 Å². The minimum absolute atomic E-state index is 0.0313. The number of nitro benzene ring substituents is 1. The van der Waals surface area contributed by atoms with Crippen molar-refractivity contribution in [3.63, 3.8) is 0 Å². The minimum Gasteiger partial charge on any atom is -0.478 e. The van der Waals surface area contributed by atoms with E-state index >= 15 is 0 Å². The lowest BCUT2D eigenvalue weighted by molar-refractivity contribution is -0.383. The molecule has 2 rings (SSSR count). The molecule has 0 aliphatic carbocycles.